The van der Waals surface area contributed by atoms with Gasteiger partial charge < -0.3 is 17.7 Å². The second-order valence-electron chi connectivity index (χ2n) is 17.3. The normalized spacial score (nSPS) is 12.0. The van der Waals surface area contributed by atoms with E-state index >= 15 is 0 Å². The van der Waals surface area contributed by atoms with Crippen LogP contribution in [-0.2, 0) is 17.7 Å². The first-order chi connectivity index (χ1) is 27.2. The molecule has 0 aliphatic rings. The molecule has 0 bridgehead atoms. The summed E-state index contributed by atoms with van der Waals surface area (Å²) >= 11 is 0. The number of hydrogen-bond acceptors (Lipinski definition) is 4. The van der Waals surface area contributed by atoms with E-state index in [1.165, 1.54) is 250 Å². The van der Waals surface area contributed by atoms with Crippen LogP contribution >= 0.6 is 0 Å². The predicted octanol–water partition coefficient (Wildman–Crippen LogP) is 18.0. The van der Waals surface area contributed by atoms with Crippen molar-refractivity contribution >= 4 is 9.05 Å². The van der Waals surface area contributed by atoms with Gasteiger partial charge in [0.25, 0.3) is 0 Å². The predicted molar refractivity (Wildman–Crippen MR) is 246 cm³/mol. The zero-order chi connectivity index (χ0) is 39.9. The van der Waals surface area contributed by atoms with Gasteiger partial charge in [0.05, 0.1) is 0 Å². The largest absolute Gasteiger partial charge is 0.679 e. The summed E-state index contributed by atoms with van der Waals surface area (Å²) in [5.74, 6) is 0. The fraction of sp³-hybridized carbons (Fsp3) is 1.00. The lowest BCUT2D eigenvalue weighted by Crippen LogP contribution is -2.50. The Hall–Kier alpha value is 0.0569. The molecule has 0 aromatic heterocycles. The molecule has 0 unspecified atom stereocenters. The van der Waals surface area contributed by atoms with Crippen LogP contribution in [0.1, 0.15) is 297 Å². The molecule has 0 spiro atoms. The van der Waals surface area contributed by atoms with E-state index in [0.29, 0.717) is 26.4 Å². The fourth-order valence-electron chi connectivity index (χ4n) is 7.91. The standard InChI is InChI=1S/C50H104O4Si/c1-5-9-12-15-18-21-24-27-30-33-36-39-42-45-48-52-55(51-8-4,53-49-46-43-40-37-34-31-28-25-22-19-16-13-10-6-2)54-50-47-44-41-38-35-32-29-26-23-20-17-14-11-7-3/h5-50H2,1-4H3. The minimum Gasteiger partial charge on any atom is -0.351 e. The van der Waals surface area contributed by atoms with Crippen molar-refractivity contribution < 1.29 is 17.7 Å². The lowest BCUT2D eigenvalue weighted by molar-refractivity contribution is -0.0344. The molecule has 0 radical (unpaired) electrons. The molecule has 0 heterocycles. The summed E-state index contributed by atoms with van der Waals surface area (Å²) in [6.07, 6.45) is 57.4. The van der Waals surface area contributed by atoms with E-state index in [1.54, 1.807) is 0 Å². The molecule has 0 aromatic rings. The molecule has 55 heavy (non-hydrogen) atoms. The van der Waals surface area contributed by atoms with Gasteiger partial charge in [0.2, 0.25) is 0 Å². The highest BCUT2D eigenvalue weighted by molar-refractivity contribution is 6.53. The minimum absolute atomic E-state index is 0.586. The molecule has 4 nitrogen and oxygen atoms in total. The molecule has 332 valence electrons. The molecular formula is C50H104O4Si. The van der Waals surface area contributed by atoms with Crippen LogP contribution in [0.5, 0.6) is 0 Å². The van der Waals surface area contributed by atoms with Gasteiger partial charge in [-0.25, -0.2) is 0 Å². The molecule has 0 amide bonds. The Morgan fingerprint density at radius 3 is 0.527 bits per heavy atom. The van der Waals surface area contributed by atoms with Gasteiger partial charge in [-0.15, -0.1) is 0 Å². The van der Waals surface area contributed by atoms with Gasteiger partial charge >= 0.3 is 9.05 Å². The Morgan fingerprint density at radius 1 is 0.200 bits per heavy atom. The monoisotopic (exact) mass is 797 g/mol. The highest BCUT2D eigenvalue weighted by atomic mass is 28.4. The lowest BCUT2D eigenvalue weighted by Gasteiger charge is -2.28. The molecule has 0 fully saturated rings. The molecular weight excluding hydrogens is 693 g/mol. The highest BCUT2D eigenvalue weighted by Gasteiger charge is 2.45. The molecule has 0 atom stereocenters. The van der Waals surface area contributed by atoms with Crippen LogP contribution in [0.25, 0.3) is 0 Å². The lowest BCUT2D eigenvalue weighted by atomic mass is 10.0. The molecule has 0 saturated carbocycles. The van der Waals surface area contributed by atoms with Crippen LogP contribution in [0.3, 0.4) is 0 Å². The van der Waals surface area contributed by atoms with Gasteiger partial charge in [-0.3, -0.25) is 0 Å². The van der Waals surface area contributed by atoms with Gasteiger partial charge in [-0.1, -0.05) is 271 Å². The van der Waals surface area contributed by atoms with Crippen molar-refractivity contribution in [1.82, 2.24) is 0 Å². The van der Waals surface area contributed by atoms with Crippen LogP contribution in [-0.4, -0.2) is 35.5 Å². The minimum atomic E-state index is -3.11. The van der Waals surface area contributed by atoms with Crippen molar-refractivity contribution in [2.45, 2.75) is 297 Å². The first-order valence-corrected chi connectivity index (χ1v) is 27.4. The van der Waals surface area contributed by atoms with Crippen LogP contribution < -0.4 is 0 Å². The Kier molecular flexibility index (Phi) is 48.5. The summed E-state index contributed by atoms with van der Waals surface area (Å²) in [6.45, 7) is 11.6. The maximum absolute atomic E-state index is 6.49. The van der Waals surface area contributed by atoms with E-state index in [9.17, 15) is 0 Å². The van der Waals surface area contributed by atoms with E-state index in [-0.39, 0.29) is 0 Å². The molecule has 0 saturated heterocycles. The second-order valence-corrected chi connectivity index (χ2v) is 19.4. The van der Waals surface area contributed by atoms with E-state index in [1.807, 2.05) is 0 Å². The van der Waals surface area contributed by atoms with Crippen LogP contribution in [0.4, 0.5) is 0 Å². The van der Waals surface area contributed by atoms with Crippen molar-refractivity contribution in [1.29, 1.82) is 0 Å². The van der Waals surface area contributed by atoms with Gasteiger partial charge in [-0.2, -0.15) is 0 Å². The zero-order valence-electron chi connectivity index (χ0n) is 38.7. The van der Waals surface area contributed by atoms with Crippen molar-refractivity contribution in [3.63, 3.8) is 0 Å². The summed E-state index contributed by atoms with van der Waals surface area (Å²) in [7, 11) is -3.11. The van der Waals surface area contributed by atoms with E-state index < -0.39 is 9.05 Å². The van der Waals surface area contributed by atoms with E-state index in [0.717, 1.165) is 19.3 Å². The average Bonchev–Trinajstić information content (AvgIpc) is 3.19. The third-order valence-corrected chi connectivity index (χ3v) is 14.0. The average molecular weight is 797 g/mol. The summed E-state index contributed by atoms with van der Waals surface area (Å²) in [5, 5.41) is 0. The van der Waals surface area contributed by atoms with Crippen LogP contribution in [0, 0.1) is 0 Å². The maximum atomic E-state index is 6.49. The van der Waals surface area contributed by atoms with Gasteiger partial charge in [-0.05, 0) is 26.2 Å². The number of hydrogen-bond donors (Lipinski definition) is 0. The fourth-order valence-corrected chi connectivity index (χ4v) is 9.94. The van der Waals surface area contributed by atoms with Crippen LogP contribution in [0.15, 0.2) is 0 Å². The first-order valence-electron chi connectivity index (χ1n) is 25.8. The molecule has 0 aliphatic heterocycles. The summed E-state index contributed by atoms with van der Waals surface area (Å²) in [5.41, 5.74) is 0. The Bertz CT molecular complexity index is 593. The summed E-state index contributed by atoms with van der Waals surface area (Å²) in [6, 6.07) is 0. The Morgan fingerprint density at radius 2 is 0.364 bits per heavy atom. The smallest absolute Gasteiger partial charge is 0.351 e. The topological polar surface area (TPSA) is 36.9 Å². The molecule has 0 aromatic carbocycles. The molecule has 5 heteroatoms. The van der Waals surface area contributed by atoms with Gasteiger partial charge in [0.1, 0.15) is 0 Å². The summed E-state index contributed by atoms with van der Waals surface area (Å²) < 4.78 is 25.7. The first kappa shape index (κ1) is 55.1. The highest BCUT2D eigenvalue weighted by Crippen LogP contribution is 2.19. The Labute approximate surface area is 349 Å². The second kappa shape index (κ2) is 48.4. The Balaban J connectivity index is 4.31. The van der Waals surface area contributed by atoms with Crippen molar-refractivity contribution in [2.24, 2.45) is 0 Å². The number of rotatable bonds is 50. The van der Waals surface area contributed by atoms with Crippen LogP contribution in [0.2, 0.25) is 0 Å². The third kappa shape index (κ3) is 43.5. The summed E-state index contributed by atoms with van der Waals surface area (Å²) in [4.78, 5) is 0. The van der Waals surface area contributed by atoms with Gasteiger partial charge in [0, 0.05) is 26.4 Å². The van der Waals surface area contributed by atoms with Crippen molar-refractivity contribution in [3.05, 3.63) is 0 Å². The molecule has 0 aliphatic carbocycles. The SMILES string of the molecule is CCCCCCCCCCCCCCCCO[Si](OCC)(OCCCCCCCCCCCCCCCC)OCCCCCCCCCCCCCCCC. The maximum Gasteiger partial charge on any atom is 0.679 e. The van der Waals surface area contributed by atoms with Crippen molar-refractivity contribution in [3.8, 4) is 0 Å². The van der Waals surface area contributed by atoms with E-state index in [4.69, 9.17) is 17.7 Å². The number of unbranched alkanes of at least 4 members (excludes halogenated alkanes) is 39. The van der Waals surface area contributed by atoms with Gasteiger partial charge in [0.15, 0.2) is 0 Å². The molecule has 0 rings (SSSR count). The molecule has 0 N–H and O–H groups in total. The quantitative estimate of drug-likeness (QED) is 0.0454. The van der Waals surface area contributed by atoms with E-state index in [2.05, 4.69) is 27.7 Å². The zero-order valence-corrected chi connectivity index (χ0v) is 39.7. The third-order valence-electron chi connectivity index (χ3n) is 11.7. The van der Waals surface area contributed by atoms with Crippen molar-refractivity contribution in [2.75, 3.05) is 26.4 Å².